The predicted molar refractivity (Wildman–Crippen MR) is 106 cm³/mol. The first-order valence-corrected chi connectivity index (χ1v) is 11.2. The van der Waals surface area contributed by atoms with Crippen LogP contribution in [0.15, 0.2) is 0 Å². The van der Waals surface area contributed by atoms with Gasteiger partial charge in [-0.25, -0.2) is 4.68 Å². The Labute approximate surface area is 172 Å². The Morgan fingerprint density at radius 3 is 2.79 bits per heavy atom. The lowest BCUT2D eigenvalue weighted by atomic mass is 9.89. The van der Waals surface area contributed by atoms with Crippen molar-refractivity contribution in [2.75, 3.05) is 26.3 Å². The zero-order chi connectivity index (χ0) is 20.3. The van der Waals surface area contributed by atoms with Gasteiger partial charge in [0.2, 0.25) is 5.91 Å². The second-order valence-electron chi connectivity index (χ2n) is 8.60. The fraction of sp³-hybridized carbons (Fsp3) is 0.857. The number of likely N-dealkylation sites (tertiary alicyclic amines) is 1. The Hall–Kier alpha value is -1.51. The molecule has 0 radical (unpaired) electrons. The van der Waals surface area contributed by atoms with Gasteiger partial charge in [-0.3, -0.25) is 4.79 Å². The van der Waals surface area contributed by atoms with Crippen LogP contribution in [-0.4, -0.2) is 63.8 Å². The maximum atomic E-state index is 12.7. The number of fused-ring (bicyclic) bond motifs is 1. The van der Waals surface area contributed by atoms with E-state index in [0.717, 1.165) is 69.6 Å². The van der Waals surface area contributed by atoms with Gasteiger partial charge in [-0.15, -0.1) is 5.10 Å². The van der Waals surface area contributed by atoms with E-state index in [9.17, 15) is 4.79 Å². The van der Waals surface area contributed by atoms with Crippen molar-refractivity contribution in [2.24, 2.45) is 5.92 Å². The molecular weight excluding hydrogens is 372 g/mol. The fourth-order valence-corrected chi connectivity index (χ4v) is 4.70. The highest BCUT2D eigenvalue weighted by Gasteiger charge is 2.41. The number of hydrogen-bond donors (Lipinski definition) is 0. The molecule has 8 heteroatoms. The molecule has 1 unspecified atom stereocenters. The number of carbonyl (C=O) groups excluding carboxylic acids is 1. The van der Waals surface area contributed by atoms with Gasteiger partial charge in [0.05, 0.1) is 43.8 Å². The molecule has 1 atom stereocenters. The third kappa shape index (κ3) is 4.49. The summed E-state index contributed by atoms with van der Waals surface area (Å²) in [7, 11) is 0. The van der Waals surface area contributed by atoms with Gasteiger partial charge in [0.15, 0.2) is 0 Å². The first kappa shape index (κ1) is 20.8. The third-order valence-corrected chi connectivity index (χ3v) is 6.76. The van der Waals surface area contributed by atoms with Crippen LogP contribution in [-0.2, 0) is 38.8 Å². The topological polar surface area (TPSA) is 78.7 Å². The van der Waals surface area contributed by atoms with Crippen molar-refractivity contribution in [3.63, 3.8) is 0 Å². The number of hydrogen-bond acceptors (Lipinski definition) is 6. The van der Waals surface area contributed by atoms with E-state index in [1.54, 1.807) is 0 Å². The number of amides is 1. The molecule has 3 aliphatic rings. The Morgan fingerprint density at radius 1 is 1.31 bits per heavy atom. The van der Waals surface area contributed by atoms with Crippen molar-refractivity contribution in [3.8, 4) is 0 Å². The molecule has 0 N–H and O–H groups in total. The summed E-state index contributed by atoms with van der Waals surface area (Å²) in [5.74, 6) is 0.447. The molecule has 1 amide bonds. The molecule has 8 nitrogen and oxygen atoms in total. The minimum Gasteiger partial charge on any atom is -0.376 e. The molecule has 4 heterocycles. The second kappa shape index (κ2) is 9.10. The second-order valence-corrected chi connectivity index (χ2v) is 8.60. The average Bonchev–Trinajstić information content (AvgIpc) is 3.39. The molecule has 0 aliphatic carbocycles. The molecule has 2 saturated heterocycles. The summed E-state index contributed by atoms with van der Waals surface area (Å²) in [4.78, 5) is 14.7. The van der Waals surface area contributed by atoms with Gasteiger partial charge in [0.25, 0.3) is 0 Å². The lowest BCUT2D eigenvalue weighted by Gasteiger charge is -2.44. The summed E-state index contributed by atoms with van der Waals surface area (Å²) < 4.78 is 19.7. The zero-order valence-electron chi connectivity index (χ0n) is 17.8. The molecular formula is C21H34N4O4. The van der Waals surface area contributed by atoms with Gasteiger partial charge in [-0.05, 0) is 38.5 Å². The molecule has 0 aromatic carbocycles. The monoisotopic (exact) mass is 406 g/mol. The quantitative estimate of drug-likeness (QED) is 0.691. The van der Waals surface area contributed by atoms with Gasteiger partial charge in [0, 0.05) is 25.6 Å². The van der Waals surface area contributed by atoms with Crippen LogP contribution >= 0.6 is 0 Å². The number of carbonyl (C=O) groups is 1. The zero-order valence-corrected chi connectivity index (χ0v) is 17.8. The lowest BCUT2D eigenvalue weighted by molar-refractivity contribution is -0.149. The van der Waals surface area contributed by atoms with Crippen molar-refractivity contribution < 1.29 is 19.0 Å². The van der Waals surface area contributed by atoms with Gasteiger partial charge in [-0.2, -0.15) is 0 Å². The molecule has 4 rings (SSSR count). The van der Waals surface area contributed by atoms with Crippen LogP contribution in [0.5, 0.6) is 0 Å². The molecule has 3 aliphatic heterocycles. The summed E-state index contributed by atoms with van der Waals surface area (Å²) >= 11 is 0. The van der Waals surface area contributed by atoms with Gasteiger partial charge in [0.1, 0.15) is 5.69 Å². The lowest BCUT2D eigenvalue weighted by Crippen LogP contribution is -2.53. The third-order valence-electron chi connectivity index (χ3n) is 6.76. The van der Waals surface area contributed by atoms with E-state index in [2.05, 4.69) is 24.2 Å². The van der Waals surface area contributed by atoms with E-state index in [1.807, 2.05) is 9.58 Å². The normalized spacial score (nSPS) is 23.7. The number of ether oxygens (including phenoxy) is 3. The summed E-state index contributed by atoms with van der Waals surface area (Å²) in [6.07, 6.45) is 5.93. The van der Waals surface area contributed by atoms with E-state index >= 15 is 0 Å². The van der Waals surface area contributed by atoms with E-state index in [4.69, 9.17) is 14.2 Å². The highest BCUT2D eigenvalue weighted by molar-refractivity contribution is 5.78. The van der Waals surface area contributed by atoms with E-state index in [-0.39, 0.29) is 17.6 Å². The van der Waals surface area contributed by atoms with E-state index in [0.29, 0.717) is 32.3 Å². The standard InChI is InChI=1S/C21H34N4O4/c1-3-16(4-2)20(26)24-9-7-21(8-10-24)15-25-19(14-29-21)18(22-23-25)13-27-12-17-6-5-11-28-17/h16-17H,3-15H2,1-2H3. The van der Waals surface area contributed by atoms with Crippen LogP contribution in [0.2, 0.25) is 0 Å². The largest absolute Gasteiger partial charge is 0.376 e. The summed E-state index contributed by atoms with van der Waals surface area (Å²) in [5.41, 5.74) is 1.64. The Morgan fingerprint density at radius 2 is 2.10 bits per heavy atom. The maximum Gasteiger partial charge on any atom is 0.225 e. The average molecular weight is 407 g/mol. The minimum absolute atomic E-state index is 0.149. The van der Waals surface area contributed by atoms with Crippen LogP contribution in [0.1, 0.15) is 63.8 Å². The van der Waals surface area contributed by atoms with Crippen molar-refractivity contribution in [1.82, 2.24) is 19.9 Å². The smallest absolute Gasteiger partial charge is 0.225 e. The van der Waals surface area contributed by atoms with Crippen molar-refractivity contribution in [1.29, 1.82) is 0 Å². The number of rotatable bonds is 7. The molecule has 2 fully saturated rings. The number of piperidine rings is 1. The first-order valence-electron chi connectivity index (χ1n) is 11.2. The van der Waals surface area contributed by atoms with Crippen molar-refractivity contribution in [3.05, 3.63) is 11.4 Å². The van der Waals surface area contributed by atoms with Gasteiger partial charge >= 0.3 is 0 Å². The van der Waals surface area contributed by atoms with Gasteiger partial charge in [-0.1, -0.05) is 19.1 Å². The molecule has 29 heavy (non-hydrogen) atoms. The molecule has 1 aromatic rings. The Bertz CT molecular complexity index is 689. The minimum atomic E-state index is -0.235. The molecule has 162 valence electrons. The highest BCUT2D eigenvalue weighted by atomic mass is 16.5. The first-order chi connectivity index (χ1) is 14.1. The Balaban J connectivity index is 1.30. The predicted octanol–water partition coefficient (Wildman–Crippen LogP) is 2.30. The van der Waals surface area contributed by atoms with Crippen LogP contribution in [0.4, 0.5) is 0 Å². The number of nitrogens with zero attached hydrogens (tertiary/aromatic N) is 4. The van der Waals surface area contributed by atoms with Crippen LogP contribution in [0.25, 0.3) is 0 Å². The fourth-order valence-electron chi connectivity index (χ4n) is 4.70. The SMILES string of the molecule is CCC(CC)C(=O)N1CCC2(CC1)Cn1nnc(COCC3CCCO3)c1CO2. The van der Waals surface area contributed by atoms with Crippen molar-refractivity contribution >= 4 is 5.91 Å². The van der Waals surface area contributed by atoms with Crippen LogP contribution in [0, 0.1) is 5.92 Å². The molecule has 0 bridgehead atoms. The molecule has 0 saturated carbocycles. The maximum absolute atomic E-state index is 12.7. The van der Waals surface area contributed by atoms with Gasteiger partial charge < -0.3 is 19.1 Å². The summed E-state index contributed by atoms with van der Waals surface area (Å²) in [6.45, 7) is 8.81. The van der Waals surface area contributed by atoms with E-state index < -0.39 is 0 Å². The summed E-state index contributed by atoms with van der Waals surface area (Å²) in [5, 5.41) is 8.69. The highest BCUT2D eigenvalue weighted by Crippen LogP contribution is 2.34. The van der Waals surface area contributed by atoms with Crippen molar-refractivity contribution in [2.45, 2.75) is 83.8 Å². The Kier molecular flexibility index (Phi) is 6.51. The van der Waals surface area contributed by atoms with Crippen LogP contribution < -0.4 is 0 Å². The molecule has 1 aromatic heterocycles. The summed E-state index contributed by atoms with van der Waals surface area (Å²) in [6, 6.07) is 0. The number of aromatic nitrogens is 3. The molecule has 1 spiro atoms. The van der Waals surface area contributed by atoms with E-state index in [1.165, 1.54) is 0 Å². The van der Waals surface area contributed by atoms with Crippen LogP contribution in [0.3, 0.4) is 0 Å².